The van der Waals surface area contributed by atoms with Crippen LogP contribution in [-0.4, -0.2) is 9.55 Å². The van der Waals surface area contributed by atoms with Crippen molar-refractivity contribution in [1.29, 1.82) is 0 Å². The normalized spacial score (nSPS) is 12.3. The lowest BCUT2D eigenvalue weighted by molar-refractivity contribution is -0.137. The summed E-state index contributed by atoms with van der Waals surface area (Å²) in [6, 6.07) is 13.3. The summed E-state index contributed by atoms with van der Waals surface area (Å²) in [5, 5.41) is 0. The Labute approximate surface area is 126 Å². The van der Waals surface area contributed by atoms with Crippen LogP contribution < -0.4 is 0 Å². The first kappa shape index (κ1) is 14.6. The van der Waals surface area contributed by atoms with Gasteiger partial charge in [0.15, 0.2) is 0 Å². The van der Waals surface area contributed by atoms with Gasteiger partial charge in [0.05, 0.1) is 16.6 Å². The van der Waals surface area contributed by atoms with Crippen LogP contribution in [-0.2, 0) is 6.18 Å². The molecule has 0 fully saturated rings. The third-order valence-corrected chi connectivity index (χ3v) is 3.57. The molecule has 1 heterocycles. The van der Waals surface area contributed by atoms with Gasteiger partial charge in [-0.15, -0.1) is 0 Å². The van der Waals surface area contributed by atoms with Crippen LogP contribution in [0.25, 0.3) is 22.4 Å². The molecule has 0 aliphatic carbocycles. The molecule has 0 N–H and O–H groups in total. The zero-order chi connectivity index (χ0) is 15.9. The number of nitrogens with zero attached hydrogens (tertiary/aromatic N) is 2. The SMILES string of the molecule is CC(C)n1c(-c2ccccc2)nc2cc(C(F)(F)F)ccc21. The molecule has 114 valence electrons. The molecule has 22 heavy (non-hydrogen) atoms. The summed E-state index contributed by atoms with van der Waals surface area (Å²) in [6.07, 6.45) is -4.36. The largest absolute Gasteiger partial charge is 0.416 e. The molecule has 3 rings (SSSR count). The number of alkyl halides is 3. The summed E-state index contributed by atoms with van der Waals surface area (Å²) >= 11 is 0. The number of hydrogen-bond acceptors (Lipinski definition) is 1. The Bertz CT molecular complexity index is 802. The maximum Gasteiger partial charge on any atom is 0.416 e. The van der Waals surface area contributed by atoms with Gasteiger partial charge in [0.2, 0.25) is 0 Å². The molecule has 0 aliphatic rings. The van der Waals surface area contributed by atoms with Crippen molar-refractivity contribution in [2.45, 2.75) is 26.1 Å². The van der Waals surface area contributed by atoms with Gasteiger partial charge in [0.25, 0.3) is 0 Å². The summed E-state index contributed by atoms with van der Waals surface area (Å²) < 4.78 is 40.6. The Kier molecular flexibility index (Phi) is 3.43. The highest BCUT2D eigenvalue weighted by Crippen LogP contribution is 2.34. The Morgan fingerprint density at radius 2 is 1.68 bits per heavy atom. The van der Waals surface area contributed by atoms with Crippen molar-refractivity contribution in [2.24, 2.45) is 0 Å². The first-order chi connectivity index (χ1) is 10.4. The Morgan fingerprint density at radius 3 is 2.27 bits per heavy atom. The fourth-order valence-corrected chi connectivity index (χ4v) is 2.59. The minimum absolute atomic E-state index is 0.0944. The van der Waals surface area contributed by atoms with Gasteiger partial charge in [-0.3, -0.25) is 0 Å². The predicted molar refractivity (Wildman–Crippen MR) is 80.6 cm³/mol. The number of fused-ring (bicyclic) bond motifs is 1. The average Bonchev–Trinajstić information content (AvgIpc) is 2.85. The lowest BCUT2D eigenvalue weighted by Crippen LogP contribution is -2.05. The summed E-state index contributed by atoms with van der Waals surface area (Å²) in [5.41, 5.74) is 1.29. The molecule has 0 amide bonds. The van der Waals surface area contributed by atoms with Gasteiger partial charge in [-0.25, -0.2) is 4.98 Å². The zero-order valence-corrected chi connectivity index (χ0v) is 12.2. The fraction of sp³-hybridized carbons (Fsp3) is 0.235. The Hall–Kier alpha value is -2.30. The summed E-state index contributed by atoms with van der Waals surface area (Å²) in [6.45, 7) is 3.98. The van der Waals surface area contributed by atoms with E-state index in [4.69, 9.17) is 0 Å². The zero-order valence-electron chi connectivity index (χ0n) is 12.2. The predicted octanol–water partition coefficient (Wildman–Crippen LogP) is 5.30. The molecule has 0 bridgehead atoms. The van der Waals surface area contributed by atoms with Crippen LogP contribution in [0.5, 0.6) is 0 Å². The van der Waals surface area contributed by atoms with E-state index < -0.39 is 11.7 Å². The van der Waals surface area contributed by atoms with E-state index in [0.717, 1.165) is 17.7 Å². The molecular weight excluding hydrogens is 289 g/mol. The van der Waals surface area contributed by atoms with Crippen LogP contribution >= 0.6 is 0 Å². The molecule has 0 saturated heterocycles. The van der Waals surface area contributed by atoms with Crippen LogP contribution in [0.3, 0.4) is 0 Å². The third kappa shape index (κ3) is 2.47. The minimum atomic E-state index is -4.36. The van der Waals surface area contributed by atoms with Gasteiger partial charge < -0.3 is 4.57 Å². The van der Waals surface area contributed by atoms with Crippen LogP contribution in [0.2, 0.25) is 0 Å². The second kappa shape index (κ2) is 5.16. The quantitative estimate of drug-likeness (QED) is 0.628. The van der Waals surface area contributed by atoms with Crippen molar-refractivity contribution in [3.05, 3.63) is 54.1 Å². The molecule has 1 aromatic heterocycles. The van der Waals surface area contributed by atoms with Gasteiger partial charge in [0, 0.05) is 11.6 Å². The first-order valence-electron chi connectivity index (χ1n) is 7.02. The number of hydrogen-bond donors (Lipinski definition) is 0. The van der Waals surface area contributed by atoms with Gasteiger partial charge >= 0.3 is 6.18 Å². The van der Waals surface area contributed by atoms with Gasteiger partial charge in [-0.2, -0.15) is 13.2 Å². The highest BCUT2D eigenvalue weighted by molar-refractivity contribution is 5.81. The molecule has 0 atom stereocenters. The minimum Gasteiger partial charge on any atom is -0.321 e. The number of halogens is 3. The van der Waals surface area contributed by atoms with E-state index in [2.05, 4.69) is 4.98 Å². The number of rotatable bonds is 2. The van der Waals surface area contributed by atoms with E-state index in [0.29, 0.717) is 16.9 Å². The van der Waals surface area contributed by atoms with Crippen LogP contribution in [0, 0.1) is 0 Å². The van der Waals surface area contributed by atoms with Crippen LogP contribution in [0.1, 0.15) is 25.5 Å². The van der Waals surface area contributed by atoms with Crippen molar-refractivity contribution in [3.8, 4) is 11.4 Å². The highest BCUT2D eigenvalue weighted by Gasteiger charge is 2.31. The van der Waals surface area contributed by atoms with E-state index in [1.54, 1.807) is 0 Å². The van der Waals surface area contributed by atoms with Gasteiger partial charge in [-0.05, 0) is 32.0 Å². The van der Waals surface area contributed by atoms with Crippen molar-refractivity contribution in [1.82, 2.24) is 9.55 Å². The van der Waals surface area contributed by atoms with Gasteiger partial charge in [-0.1, -0.05) is 30.3 Å². The van der Waals surface area contributed by atoms with E-state index in [-0.39, 0.29) is 6.04 Å². The van der Waals surface area contributed by atoms with E-state index in [9.17, 15) is 13.2 Å². The standard InChI is InChI=1S/C17H15F3N2/c1-11(2)22-15-9-8-13(17(18,19)20)10-14(15)21-16(22)12-6-4-3-5-7-12/h3-11H,1-2H3. The summed E-state index contributed by atoms with van der Waals surface area (Å²) in [5.74, 6) is 0.685. The molecule has 0 saturated carbocycles. The van der Waals surface area contributed by atoms with Crippen LogP contribution in [0.4, 0.5) is 13.2 Å². The Balaban J connectivity index is 2.27. The number of imidazole rings is 1. The fourth-order valence-electron chi connectivity index (χ4n) is 2.59. The Morgan fingerprint density at radius 1 is 1.00 bits per heavy atom. The maximum absolute atomic E-state index is 12.9. The number of benzene rings is 2. The lowest BCUT2D eigenvalue weighted by atomic mass is 10.2. The molecule has 2 aromatic carbocycles. The summed E-state index contributed by atoms with van der Waals surface area (Å²) in [4.78, 5) is 4.44. The van der Waals surface area contributed by atoms with Crippen molar-refractivity contribution in [3.63, 3.8) is 0 Å². The van der Waals surface area contributed by atoms with Crippen LogP contribution in [0.15, 0.2) is 48.5 Å². The van der Waals surface area contributed by atoms with Gasteiger partial charge in [0.1, 0.15) is 5.82 Å². The third-order valence-electron chi connectivity index (χ3n) is 3.57. The molecule has 3 aromatic rings. The first-order valence-corrected chi connectivity index (χ1v) is 7.02. The average molecular weight is 304 g/mol. The molecule has 0 unspecified atom stereocenters. The highest BCUT2D eigenvalue weighted by atomic mass is 19.4. The monoisotopic (exact) mass is 304 g/mol. The van der Waals surface area contributed by atoms with Crippen molar-refractivity contribution in [2.75, 3.05) is 0 Å². The maximum atomic E-state index is 12.9. The van der Waals surface area contributed by atoms with E-state index in [1.165, 1.54) is 6.07 Å². The van der Waals surface area contributed by atoms with Crippen molar-refractivity contribution < 1.29 is 13.2 Å². The topological polar surface area (TPSA) is 17.8 Å². The second-order valence-electron chi connectivity index (χ2n) is 5.47. The second-order valence-corrected chi connectivity index (χ2v) is 5.47. The molecule has 0 radical (unpaired) electrons. The van der Waals surface area contributed by atoms with E-state index in [1.807, 2.05) is 48.7 Å². The molecule has 0 aliphatic heterocycles. The number of aromatic nitrogens is 2. The van der Waals surface area contributed by atoms with E-state index >= 15 is 0 Å². The molecule has 5 heteroatoms. The molecular formula is C17H15F3N2. The molecule has 2 nitrogen and oxygen atoms in total. The summed E-state index contributed by atoms with van der Waals surface area (Å²) in [7, 11) is 0. The van der Waals surface area contributed by atoms with Crippen molar-refractivity contribution >= 4 is 11.0 Å². The molecule has 0 spiro atoms. The lowest BCUT2D eigenvalue weighted by Gasteiger charge is -2.13. The smallest absolute Gasteiger partial charge is 0.321 e.